The Morgan fingerprint density at radius 1 is 1.04 bits per heavy atom. The Bertz CT molecular complexity index is 984. The fourth-order valence-electron chi connectivity index (χ4n) is 2.54. The summed E-state index contributed by atoms with van der Waals surface area (Å²) in [6.45, 7) is 0.822. The van der Waals surface area contributed by atoms with Gasteiger partial charge < -0.3 is 0 Å². The molecule has 0 atom stereocenters. The smallest absolute Gasteiger partial charge is 0.243 e. The van der Waals surface area contributed by atoms with Crippen LogP contribution in [0.3, 0.4) is 0 Å². The molecule has 1 heterocycles. The van der Waals surface area contributed by atoms with Gasteiger partial charge in [0, 0.05) is 35.4 Å². The van der Waals surface area contributed by atoms with Gasteiger partial charge in [-0.3, -0.25) is 4.68 Å². The van der Waals surface area contributed by atoms with Gasteiger partial charge in [0.15, 0.2) is 0 Å². The van der Waals surface area contributed by atoms with Crippen molar-refractivity contribution in [3.05, 3.63) is 82.1 Å². The third-order valence-corrected chi connectivity index (χ3v) is 6.04. The van der Waals surface area contributed by atoms with Crippen LogP contribution in [0.4, 0.5) is 0 Å². The Morgan fingerprint density at radius 3 is 2.35 bits per heavy atom. The topological polar surface area (TPSA) is 55.2 Å². The molecule has 0 aliphatic rings. The number of hydrogen-bond acceptors (Lipinski definition) is 3. The van der Waals surface area contributed by atoms with E-state index in [0.717, 1.165) is 11.1 Å². The number of halogens is 2. The Hall–Kier alpha value is -1.86. The van der Waals surface area contributed by atoms with Gasteiger partial charge in [0.2, 0.25) is 10.0 Å². The first-order valence-electron chi connectivity index (χ1n) is 7.82. The van der Waals surface area contributed by atoms with Crippen LogP contribution in [0.15, 0.2) is 65.8 Å². The molecule has 0 radical (unpaired) electrons. The predicted octanol–water partition coefficient (Wildman–Crippen LogP) is 4.06. The van der Waals surface area contributed by atoms with Gasteiger partial charge >= 0.3 is 0 Å². The zero-order chi connectivity index (χ0) is 18.7. The standard InChI is InChI=1S/C18H17Cl2N3O2S/c1-22(26(24,25)18-8-16(19)7-17(20)9-18)11-15-10-21-23(13-15)12-14-5-3-2-4-6-14/h2-10,13H,11-12H2,1H3. The van der Waals surface area contributed by atoms with E-state index in [2.05, 4.69) is 5.10 Å². The highest BCUT2D eigenvalue weighted by molar-refractivity contribution is 7.89. The van der Waals surface area contributed by atoms with E-state index in [9.17, 15) is 8.42 Å². The largest absolute Gasteiger partial charge is 0.268 e. The number of hydrogen-bond donors (Lipinski definition) is 0. The van der Waals surface area contributed by atoms with Crippen LogP contribution in [-0.4, -0.2) is 29.6 Å². The molecule has 0 N–H and O–H groups in total. The number of rotatable bonds is 6. The van der Waals surface area contributed by atoms with Crippen LogP contribution < -0.4 is 0 Å². The van der Waals surface area contributed by atoms with Crippen molar-refractivity contribution in [3.8, 4) is 0 Å². The Balaban J connectivity index is 1.74. The summed E-state index contributed by atoms with van der Waals surface area (Å²) >= 11 is 11.8. The first kappa shape index (κ1) is 18.9. The second-order valence-corrected chi connectivity index (χ2v) is 8.82. The van der Waals surface area contributed by atoms with Crippen molar-refractivity contribution in [1.29, 1.82) is 0 Å². The summed E-state index contributed by atoms with van der Waals surface area (Å²) in [5, 5.41) is 4.86. The van der Waals surface area contributed by atoms with Crippen LogP contribution in [0, 0.1) is 0 Å². The molecule has 0 saturated carbocycles. The molecule has 0 aliphatic carbocycles. The summed E-state index contributed by atoms with van der Waals surface area (Å²) in [5.41, 5.74) is 1.91. The molecule has 3 aromatic rings. The molecule has 8 heteroatoms. The van der Waals surface area contributed by atoms with Crippen molar-refractivity contribution < 1.29 is 8.42 Å². The molecule has 26 heavy (non-hydrogen) atoms. The minimum Gasteiger partial charge on any atom is -0.268 e. The summed E-state index contributed by atoms with van der Waals surface area (Å²) in [6, 6.07) is 14.2. The number of aromatic nitrogens is 2. The maximum atomic E-state index is 12.7. The van der Waals surface area contributed by atoms with E-state index in [1.54, 1.807) is 10.9 Å². The van der Waals surface area contributed by atoms with Gasteiger partial charge in [0.05, 0.1) is 17.6 Å². The van der Waals surface area contributed by atoms with Gasteiger partial charge in [-0.2, -0.15) is 9.40 Å². The zero-order valence-electron chi connectivity index (χ0n) is 14.0. The molecular weight excluding hydrogens is 393 g/mol. The lowest BCUT2D eigenvalue weighted by Gasteiger charge is -2.16. The quantitative estimate of drug-likeness (QED) is 0.616. The molecule has 5 nitrogen and oxygen atoms in total. The predicted molar refractivity (Wildman–Crippen MR) is 103 cm³/mol. The molecule has 0 bridgehead atoms. The minimum absolute atomic E-state index is 0.0641. The normalized spacial score (nSPS) is 11.8. The average Bonchev–Trinajstić information content (AvgIpc) is 3.01. The lowest BCUT2D eigenvalue weighted by atomic mass is 10.2. The summed E-state index contributed by atoms with van der Waals surface area (Å²) in [7, 11) is -2.19. The summed E-state index contributed by atoms with van der Waals surface area (Å²) < 4.78 is 28.5. The van der Waals surface area contributed by atoms with Crippen molar-refractivity contribution in [2.24, 2.45) is 0 Å². The van der Waals surface area contributed by atoms with Crippen LogP contribution in [-0.2, 0) is 23.1 Å². The summed E-state index contributed by atoms with van der Waals surface area (Å²) in [6.07, 6.45) is 3.50. The first-order valence-corrected chi connectivity index (χ1v) is 10.0. The van der Waals surface area contributed by atoms with Crippen molar-refractivity contribution in [2.75, 3.05) is 7.05 Å². The molecule has 3 rings (SSSR count). The third kappa shape index (κ3) is 4.45. The maximum Gasteiger partial charge on any atom is 0.243 e. The Labute approximate surface area is 162 Å². The highest BCUT2D eigenvalue weighted by Crippen LogP contribution is 2.25. The van der Waals surface area contributed by atoms with Gasteiger partial charge in [-0.05, 0) is 23.8 Å². The van der Waals surface area contributed by atoms with E-state index in [4.69, 9.17) is 23.2 Å². The average molecular weight is 410 g/mol. The second kappa shape index (κ2) is 7.80. The monoisotopic (exact) mass is 409 g/mol. The van der Waals surface area contributed by atoms with Crippen molar-refractivity contribution in [1.82, 2.24) is 14.1 Å². The maximum absolute atomic E-state index is 12.7. The second-order valence-electron chi connectivity index (χ2n) is 5.90. The van der Waals surface area contributed by atoms with Gasteiger partial charge in [0.1, 0.15) is 0 Å². The van der Waals surface area contributed by atoms with Crippen molar-refractivity contribution >= 4 is 33.2 Å². The van der Waals surface area contributed by atoms with Gasteiger partial charge in [0.25, 0.3) is 0 Å². The van der Waals surface area contributed by atoms with E-state index >= 15 is 0 Å². The minimum atomic E-state index is -3.70. The number of nitrogens with zero attached hydrogens (tertiary/aromatic N) is 3. The SMILES string of the molecule is CN(Cc1cnn(Cc2ccccc2)c1)S(=O)(=O)c1cc(Cl)cc(Cl)c1. The van der Waals surface area contributed by atoms with E-state index in [1.165, 1.54) is 29.6 Å². The van der Waals surface area contributed by atoms with E-state index in [-0.39, 0.29) is 21.5 Å². The molecule has 0 amide bonds. The van der Waals surface area contributed by atoms with E-state index < -0.39 is 10.0 Å². The van der Waals surface area contributed by atoms with Crippen molar-refractivity contribution in [2.45, 2.75) is 18.0 Å². The van der Waals surface area contributed by atoms with Crippen LogP contribution in [0.1, 0.15) is 11.1 Å². The highest BCUT2D eigenvalue weighted by Gasteiger charge is 2.22. The summed E-state index contributed by atoms with van der Waals surface area (Å²) in [4.78, 5) is 0.0641. The molecule has 0 aliphatic heterocycles. The molecular formula is C18H17Cl2N3O2S. The zero-order valence-corrected chi connectivity index (χ0v) is 16.3. The molecule has 136 valence electrons. The lowest BCUT2D eigenvalue weighted by molar-refractivity contribution is 0.466. The fourth-order valence-corrected chi connectivity index (χ4v) is 4.43. The van der Waals surface area contributed by atoms with Gasteiger partial charge in [-0.25, -0.2) is 8.42 Å². The molecule has 0 unspecified atom stereocenters. The number of benzene rings is 2. The van der Waals surface area contributed by atoms with E-state index in [1.807, 2.05) is 36.5 Å². The summed E-state index contributed by atoms with van der Waals surface area (Å²) in [5.74, 6) is 0. The van der Waals surface area contributed by atoms with E-state index in [0.29, 0.717) is 6.54 Å². The van der Waals surface area contributed by atoms with Crippen LogP contribution in [0.5, 0.6) is 0 Å². The number of sulfonamides is 1. The fraction of sp³-hybridized carbons (Fsp3) is 0.167. The van der Waals surface area contributed by atoms with Crippen molar-refractivity contribution in [3.63, 3.8) is 0 Å². The Kier molecular flexibility index (Phi) is 5.67. The van der Waals surface area contributed by atoms with Crippen LogP contribution in [0.25, 0.3) is 0 Å². The molecule has 1 aromatic heterocycles. The highest BCUT2D eigenvalue weighted by atomic mass is 35.5. The molecule has 0 spiro atoms. The molecule has 0 fully saturated rings. The van der Waals surface area contributed by atoms with Gasteiger partial charge in [-0.15, -0.1) is 0 Å². The first-order chi connectivity index (χ1) is 12.3. The van der Waals surface area contributed by atoms with Gasteiger partial charge in [-0.1, -0.05) is 53.5 Å². The molecule has 2 aromatic carbocycles. The molecule has 0 saturated heterocycles. The van der Waals surface area contributed by atoms with Crippen LogP contribution >= 0.6 is 23.2 Å². The van der Waals surface area contributed by atoms with Crippen LogP contribution in [0.2, 0.25) is 10.0 Å². The lowest BCUT2D eigenvalue weighted by Crippen LogP contribution is -2.26. The third-order valence-electron chi connectivity index (χ3n) is 3.82. The Morgan fingerprint density at radius 2 is 1.69 bits per heavy atom.